The molecule has 0 aliphatic rings. The highest BCUT2D eigenvalue weighted by Crippen LogP contribution is 2.29. The molecular formula is C33H32N4O6. The first-order valence-electron chi connectivity index (χ1n) is 13.7. The van der Waals surface area contributed by atoms with Gasteiger partial charge in [-0.3, -0.25) is 14.4 Å². The normalized spacial score (nSPS) is 11.6. The minimum atomic E-state index is -1.24. The van der Waals surface area contributed by atoms with Crippen molar-refractivity contribution in [1.29, 1.82) is 0 Å². The maximum atomic E-state index is 13.1. The summed E-state index contributed by atoms with van der Waals surface area (Å²) >= 11 is 0. The molecule has 0 fully saturated rings. The van der Waals surface area contributed by atoms with Crippen LogP contribution in [0, 0.1) is 0 Å². The van der Waals surface area contributed by atoms with Gasteiger partial charge in [-0.25, -0.2) is 9.78 Å². The third-order valence-electron chi connectivity index (χ3n) is 6.55. The van der Waals surface area contributed by atoms with Gasteiger partial charge in [0.25, 0.3) is 5.91 Å². The first kappa shape index (κ1) is 30.4. The van der Waals surface area contributed by atoms with Crippen molar-refractivity contribution in [3.63, 3.8) is 0 Å². The number of oxazole rings is 1. The summed E-state index contributed by atoms with van der Waals surface area (Å²) in [5, 5.41) is 14.7. The Morgan fingerprint density at radius 3 is 2.14 bits per heavy atom. The van der Waals surface area contributed by atoms with Crippen LogP contribution in [0.2, 0.25) is 0 Å². The van der Waals surface area contributed by atoms with Crippen molar-refractivity contribution in [3.05, 3.63) is 108 Å². The zero-order valence-corrected chi connectivity index (χ0v) is 23.6. The van der Waals surface area contributed by atoms with Gasteiger partial charge in [-0.1, -0.05) is 78.9 Å². The second-order valence-electron chi connectivity index (χ2n) is 9.68. The van der Waals surface area contributed by atoms with Gasteiger partial charge in [-0.05, 0) is 30.2 Å². The topological polar surface area (TPSA) is 142 Å². The smallest absolute Gasteiger partial charge is 0.326 e. The molecule has 1 atom stereocenters. The number of benzene rings is 3. The van der Waals surface area contributed by atoms with Crippen LogP contribution in [0.25, 0.3) is 28.9 Å². The number of carbonyl (C=O) groups is 4. The number of nitrogens with zero attached hydrogens (tertiary/aromatic N) is 2. The van der Waals surface area contributed by atoms with E-state index < -0.39 is 23.8 Å². The van der Waals surface area contributed by atoms with E-state index in [2.05, 4.69) is 15.6 Å². The predicted molar refractivity (Wildman–Crippen MR) is 162 cm³/mol. The number of nitrogens with one attached hydrogen (secondary N) is 2. The van der Waals surface area contributed by atoms with Gasteiger partial charge < -0.3 is 25.1 Å². The molecule has 0 aliphatic carbocycles. The summed E-state index contributed by atoms with van der Waals surface area (Å²) in [7, 11) is 1.56. The highest BCUT2D eigenvalue weighted by atomic mass is 16.4. The minimum absolute atomic E-state index is 0.0859. The van der Waals surface area contributed by atoms with Crippen molar-refractivity contribution in [3.8, 4) is 22.8 Å². The number of aliphatic carboxylic acids is 1. The van der Waals surface area contributed by atoms with E-state index in [1.54, 1.807) is 13.1 Å². The number of carbonyl (C=O) groups excluding carboxylic acids is 3. The SMILES string of the molecule is CN(CCNC(=O)c1nc(-c2ccccc2)oc1-c1ccccc1)C(=O)CCC(NC(=O)/C=C/c1ccccc1)C(=O)O. The molecule has 0 radical (unpaired) electrons. The number of hydrogen-bond donors (Lipinski definition) is 3. The first-order valence-corrected chi connectivity index (χ1v) is 13.7. The van der Waals surface area contributed by atoms with E-state index in [1.165, 1.54) is 11.0 Å². The summed E-state index contributed by atoms with van der Waals surface area (Å²) < 4.78 is 5.99. The van der Waals surface area contributed by atoms with Crippen LogP contribution in [0.3, 0.4) is 0 Å². The maximum absolute atomic E-state index is 13.1. The third kappa shape index (κ3) is 8.74. The molecule has 0 saturated heterocycles. The Bertz CT molecular complexity index is 1570. The van der Waals surface area contributed by atoms with Gasteiger partial charge in [0.15, 0.2) is 11.5 Å². The van der Waals surface area contributed by atoms with Gasteiger partial charge in [0, 0.05) is 43.8 Å². The second-order valence-corrected chi connectivity index (χ2v) is 9.68. The number of amides is 3. The van der Waals surface area contributed by atoms with Crippen molar-refractivity contribution in [1.82, 2.24) is 20.5 Å². The van der Waals surface area contributed by atoms with Gasteiger partial charge in [0.1, 0.15) is 6.04 Å². The van der Waals surface area contributed by atoms with Crippen LogP contribution in [0.4, 0.5) is 0 Å². The summed E-state index contributed by atoms with van der Waals surface area (Å²) in [5.74, 6) is -1.94. The Kier molecular flexibility index (Phi) is 10.6. The average molecular weight is 581 g/mol. The molecule has 0 bridgehead atoms. The van der Waals surface area contributed by atoms with Crippen molar-refractivity contribution in [2.24, 2.45) is 0 Å². The monoisotopic (exact) mass is 580 g/mol. The zero-order chi connectivity index (χ0) is 30.6. The number of carboxylic acid groups (broad SMARTS) is 1. The fourth-order valence-electron chi connectivity index (χ4n) is 4.18. The van der Waals surface area contributed by atoms with E-state index in [4.69, 9.17) is 4.42 Å². The number of hydrogen-bond acceptors (Lipinski definition) is 6. The molecule has 0 aliphatic heterocycles. The van der Waals surface area contributed by atoms with E-state index in [-0.39, 0.29) is 37.5 Å². The molecule has 1 unspecified atom stereocenters. The standard InChI is InChI=1S/C33H32N4O6/c1-37(28(39)20-18-26(33(41)42)35-27(38)19-17-23-11-5-2-6-12-23)22-21-34-31(40)29-30(24-13-7-3-8-14-24)43-32(36-29)25-15-9-4-10-16-25/h2-17,19,26H,18,20-22H2,1H3,(H,34,40)(H,35,38)(H,41,42)/b19-17+. The molecule has 3 N–H and O–H groups in total. The second kappa shape index (κ2) is 14.9. The average Bonchev–Trinajstić information content (AvgIpc) is 3.49. The van der Waals surface area contributed by atoms with Crippen LogP contribution < -0.4 is 10.6 Å². The van der Waals surface area contributed by atoms with Gasteiger partial charge >= 0.3 is 5.97 Å². The Labute approximate surface area is 249 Å². The third-order valence-corrected chi connectivity index (χ3v) is 6.55. The summed E-state index contributed by atoms with van der Waals surface area (Å²) in [5.41, 5.74) is 2.35. The molecule has 43 heavy (non-hydrogen) atoms. The van der Waals surface area contributed by atoms with Gasteiger partial charge in [-0.15, -0.1) is 0 Å². The van der Waals surface area contributed by atoms with Gasteiger partial charge in [0.2, 0.25) is 17.7 Å². The number of carboxylic acids is 1. The summed E-state index contributed by atoms with van der Waals surface area (Å²) in [6.45, 7) is 0.310. The van der Waals surface area contributed by atoms with Crippen molar-refractivity contribution >= 4 is 29.8 Å². The van der Waals surface area contributed by atoms with Crippen molar-refractivity contribution < 1.29 is 28.7 Å². The van der Waals surface area contributed by atoms with Crippen molar-refractivity contribution in [2.45, 2.75) is 18.9 Å². The Morgan fingerprint density at radius 2 is 1.51 bits per heavy atom. The largest absolute Gasteiger partial charge is 0.480 e. The van der Waals surface area contributed by atoms with Crippen LogP contribution in [0.5, 0.6) is 0 Å². The summed E-state index contributed by atoms with van der Waals surface area (Å²) in [6.07, 6.45) is 2.64. The first-order chi connectivity index (χ1) is 20.8. The fourth-order valence-corrected chi connectivity index (χ4v) is 4.18. The van der Waals surface area contributed by atoms with E-state index in [9.17, 15) is 24.3 Å². The molecule has 3 aromatic carbocycles. The summed E-state index contributed by atoms with van der Waals surface area (Å²) in [6, 6.07) is 26.3. The Balaban J connectivity index is 1.30. The molecular weight excluding hydrogens is 548 g/mol. The van der Waals surface area contributed by atoms with Gasteiger partial charge in [-0.2, -0.15) is 0 Å². The van der Waals surface area contributed by atoms with E-state index >= 15 is 0 Å². The van der Waals surface area contributed by atoms with Crippen LogP contribution >= 0.6 is 0 Å². The van der Waals surface area contributed by atoms with Gasteiger partial charge in [0.05, 0.1) is 0 Å². The highest BCUT2D eigenvalue weighted by Gasteiger charge is 2.23. The van der Waals surface area contributed by atoms with E-state index in [0.29, 0.717) is 17.2 Å². The molecule has 10 heteroatoms. The van der Waals surface area contributed by atoms with Crippen LogP contribution in [0.15, 0.2) is 101 Å². The molecule has 0 saturated carbocycles. The molecule has 1 heterocycles. The van der Waals surface area contributed by atoms with E-state index in [1.807, 2.05) is 91.0 Å². The predicted octanol–water partition coefficient (Wildman–Crippen LogP) is 4.26. The lowest BCUT2D eigenvalue weighted by Gasteiger charge is -2.19. The number of rotatable bonds is 13. The molecule has 1 aromatic heterocycles. The van der Waals surface area contributed by atoms with E-state index in [0.717, 1.165) is 11.1 Å². The number of likely N-dealkylation sites (N-methyl/N-ethyl adjacent to an activating group) is 1. The molecule has 4 rings (SSSR count). The van der Waals surface area contributed by atoms with Crippen LogP contribution in [0.1, 0.15) is 28.9 Å². The molecule has 220 valence electrons. The minimum Gasteiger partial charge on any atom is -0.480 e. The molecule has 0 spiro atoms. The number of aromatic nitrogens is 1. The lowest BCUT2D eigenvalue weighted by atomic mass is 10.1. The molecule has 4 aromatic rings. The Hall–Kier alpha value is -5.51. The molecule has 10 nitrogen and oxygen atoms in total. The lowest BCUT2D eigenvalue weighted by molar-refractivity contribution is -0.141. The zero-order valence-electron chi connectivity index (χ0n) is 23.6. The Morgan fingerprint density at radius 1 is 0.907 bits per heavy atom. The summed E-state index contributed by atoms with van der Waals surface area (Å²) in [4.78, 5) is 55.5. The fraction of sp³-hybridized carbons (Fsp3) is 0.182. The quantitative estimate of drug-likeness (QED) is 0.201. The highest BCUT2D eigenvalue weighted by molar-refractivity contribution is 5.98. The molecule has 3 amide bonds. The maximum Gasteiger partial charge on any atom is 0.326 e. The van der Waals surface area contributed by atoms with Crippen molar-refractivity contribution in [2.75, 3.05) is 20.1 Å². The van der Waals surface area contributed by atoms with Crippen LogP contribution in [-0.4, -0.2) is 64.9 Å². The lowest BCUT2D eigenvalue weighted by Crippen LogP contribution is -2.41. The van der Waals surface area contributed by atoms with Crippen LogP contribution in [-0.2, 0) is 14.4 Å².